The van der Waals surface area contributed by atoms with Gasteiger partial charge >= 0.3 is 5.97 Å². The van der Waals surface area contributed by atoms with E-state index < -0.39 is 12.1 Å². The molecule has 8 nitrogen and oxygen atoms in total. The van der Waals surface area contributed by atoms with Crippen LogP contribution in [-0.2, 0) is 13.0 Å². The van der Waals surface area contributed by atoms with E-state index in [1.807, 2.05) is 18.2 Å². The first-order valence-corrected chi connectivity index (χ1v) is 15.4. The molecule has 0 saturated heterocycles. The van der Waals surface area contributed by atoms with Crippen LogP contribution in [0.1, 0.15) is 71.7 Å². The zero-order chi connectivity index (χ0) is 31.3. The standard InChI is InChI=1S/C36H43NO7/c38-24-30-21-29(15-17-33(30)39)34(40)23-37-18-4-1-2-5-19-44-20-6-3-7-25-8-10-26(11-9-25)28-13-12-27-14-16-31(36(42)43)35(41)32(27)22-28/h8-17,21-22,34,37-41H,1-7,18-20,23-24H2,(H,42,43)/p+1. The zero-order valence-corrected chi connectivity index (χ0v) is 25.1. The fraction of sp³-hybridized carbons (Fsp3) is 0.361. The van der Waals surface area contributed by atoms with Gasteiger partial charge < -0.3 is 35.6 Å². The summed E-state index contributed by atoms with van der Waals surface area (Å²) in [6.07, 6.45) is 6.83. The minimum atomic E-state index is -1.14. The Bertz CT molecular complexity index is 1500. The van der Waals surface area contributed by atoms with Crippen molar-refractivity contribution in [3.8, 4) is 22.6 Å². The number of carboxylic acid groups (broad SMARTS) is 1. The number of aliphatic hydroxyl groups is 4. The summed E-state index contributed by atoms with van der Waals surface area (Å²) < 4.78 is 4.67. The lowest BCUT2D eigenvalue weighted by Gasteiger charge is -2.13. The van der Waals surface area contributed by atoms with Crippen molar-refractivity contribution in [2.24, 2.45) is 0 Å². The molecule has 0 aliphatic carbocycles. The second kappa shape index (κ2) is 16.8. The molecule has 0 fully saturated rings. The molecule has 0 radical (unpaired) electrons. The van der Waals surface area contributed by atoms with Crippen LogP contribution in [-0.4, -0.2) is 62.5 Å². The second-order valence-corrected chi connectivity index (χ2v) is 11.2. The predicted octanol–water partition coefficient (Wildman–Crippen LogP) is 5.84. The molecule has 1 atom stereocenters. The van der Waals surface area contributed by atoms with E-state index in [1.54, 1.807) is 18.2 Å². The van der Waals surface area contributed by atoms with Gasteiger partial charge in [-0.3, -0.25) is 0 Å². The Morgan fingerprint density at radius 3 is 2.25 bits per heavy atom. The highest BCUT2D eigenvalue weighted by atomic mass is 16.5. The lowest BCUT2D eigenvalue weighted by Crippen LogP contribution is -2.22. The molecule has 44 heavy (non-hydrogen) atoms. The van der Waals surface area contributed by atoms with Crippen molar-refractivity contribution in [3.05, 3.63) is 95.1 Å². The number of hydrogen-bond donors (Lipinski definition) is 6. The minimum absolute atomic E-state index is 0.0365. The van der Waals surface area contributed by atoms with Gasteiger partial charge in [0.1, 0.15) is 30.3 Å². The summed E-state index contributed by atoms with van der Waals surface area (Å²) in [5, 5.41) is 53.5. The normalized spacial score (nSPS) is 12.0. The first-order chi connectivity index (χ1) is 21.4. The SMILES string of the molecule is O=C(O)c1ccc2ccc(-c3ccc(CCCC[OH+]CCCCCCNCC(O)c4ccc(O)c(CO)c4)cc3)cc2c1O. The first-order valence-electron chi connectivity index (χ1n) is 15.4. The first kappa shape index (κ1) is 33.0. The predicted molar refractivity (Wildman–Crippen MR) is 173 cm³/mol. The van der Waals surface area contributed by atoms with Gasteiger partial charge in [0.15, 0.2) is 0 Å². The highest BCUT2D eigenvalue weighted by Crippen LogP contribution is 2.33. The van der Waals surface area contributed by atoms with Gasteiger partial charge in [-0.05, 0) is 84.1 Å². The van der Waals surface area contributed by atoms with Crippen LogP contribution >= 0.6 is 0 Å². The third kappa shape index (κ3) is 9.27. The van der Waals surface area contributed by atoms with Gasteiger partial charge in [0, 0.05) is 30.3 Å². The summed E-state index contributed by atoms with van der Waals surface area (Å²) in [5.41, 5.74) is 4.22. The third-order valence-corrected chi connectivity index (χ3v) is 7.96. The minimum Gasteiger partial charge on any atom is -0.508 e. The van der Waals surface area contributed by atoms with Crippen molar-refractivity contribution in [2.75, 3.05) is 26.3 Å². The highest BCUT2D eigenvalue weighted by Gasteiger charge is 2.13. The number of unbranched alkanes of at least 4 members (excludes halogenated alkanes) is 4. The Balaban J connectivity index is 1.04. The van der Waals surface area contributed by atoms with Crippen molar-refractivity contribution >= 4 is 16.7 Å². The lowest BCUT2D eigenvalue weighted by atomic mass is 9.97. The average molecular weight is 603 g/mol. The van der Waals surface area contributed by atoms with E-state index >= 15 is 0 Å². The summed E-state index contributed by atoms with van der Waals surface area (Å²) in [7, 11) is 0. The largest absolute Gasteiger partial charge is 0.508 e. The molecule has 0 amide bonds. The van der Waals surface area contributed by atoms with Gasteiger partial charge in [-0.25, -0.2) is 4.79 Å². The molecular formula is C36H44NO7+. The Morgan fingerprint density at radius 2 is 1.50 bits per heavy atom. The van der Waals surface area contributed by atoms with Gasteiger partial charge in [-0.1, -0.05) is 55.0 Å². The molecule has 7 N–H and O–H groups in total. The molecule has 0 aromatic heterocycles. The molecule has 0 bridgehead atoms. The van der Waals surface area contributed by atoms with Gasteiger partial charge in [0.05, 0.1) is 12.7 Å². The van der Waals surface area contributed by atoms with Gasteiger partial charge in [-0.15, -0.1) is 0 Å². The van der Waals surface area contributed by atoms with Crippen molar-refractivity contribution in [1.82, 2.24) is 5.32 Å². The lowest BCUT2D eigenvalue weighted by molar-refractivity contribution is -0.0413. The number of aromatic hydroxyl groups is 2. The van der Waals surface area contributed by atoms with Gasteiger partial charge in [0.25, 0.3) is 0 Å². The molecule has 4 aromatic rings. The Kier molecular flexibility index (Phi) is 12.6. The van der Waals surface area contributed by atoms with E-state index in [-0.39, 0.29) is 23.7 Å². The Morgan fingerprint density at radius 1 is 0.795 bits per heavy atom. The van der Waals surface area contributed by atoms with Crippen molar-refractivity contribution in [1.29, 1.82) is 0 Å². The molecular weight excluding hydrogens is 558 g/mol. The van der Waals surface area contributed by atoms with Crippen LogP contribution in [0, 0.1) is 0 Å². The fourth-order valence-electron chi connectivity index (χ4n) is 5.31. The molecule has 234 valence electrons. The monoisotopic (exact) mass is 602 g/mol. The smallest absolute Gasteiger partial charge is 0.339 e. The highest BCUT2D eigenvalue weighted by molar-refractivity contribution is 6.01. The second-order valence-electron chi connectivity index (χ2n) is 11.2. The number of aromatic carboxylic acids is 1. The number of hydrogen-bond acceptors (Lipinski definition) is 6. The van der Waals surface area contributed by atoms with E-state index in [0.717, 1.165) is 81.2 Å². The molecule has 1 unspecified atom stereocenters. The number of nitrogens with one attached hydrogen (secondary N) is 1. The molecule has 0 saturated carbocycles. The summed E-state index contributed by atoms with van der Waals surface area (Å²) in [6.45, 7) is 2.78. The van der Waals surface area contributed by atoms with Crippen LogP contribution in [0.4, 0.5) is 0 Å². The molecule has 4 rings (SSSR count). The summed E-state index contributed by atoms with van der Waals surface area (Å²) in [6, 6.07) is 22.1. The van der Waals surface area contributed by atoms with Crippen LogP contribution in [0.5, 0.6) is 11.5 Å². The maximum absolute atomic E-state index is 11.4. The van der Waals surface area contributed by atoms with Gasteiger partial charge in [-0.2, -0.15) is 0 Å². The summed E-state index contributed by atoms with van der Waals surface area (Å²) in [4.78, 5) is 11.4. The van der Waals surface area contributed by atoms with E-state index in [1.165, 1.54) is 17.7 Å². The van der Waals surface area contributed by atoms with Crippen LogP contribution in [0.3, 0.4) is 0 Å². The summed E-state index contributed by atoms with van der Waals surface area (Å²) >= 11 is 0. The Hall–Kier alpha value is -3.95. The molecule has 0 aliphatic rings. The average Bonchev–Trinajstić information content (AvgIpc) is 3.03. The molecule has 0 aliphatic heterocycles. The van der Waals surface area contributed by atoms with E-state index in [0.29, 0.717) is 23.1 Å². The van der Waals surface area contributed by atoms with E-state index in [4.69, 9.17) is 0 Å². The maximum atomic E-state index is 11.4. The van der Waals surface area contributed by atoms with Crippen LogP contribution < -0.4 is 5.32 Å². The van der Waals surface area contributed by atoms with Crippen molar-refractivity contribution in [2.45, 2.75) is 57.7 Å². The zero-order valence-electron chi connectivity index (χ0n) is 25.1. The van der Waals surface area contributed by atoms with E-state index in [2.05, 4.69) is 34.3 Å². The number of rotatable bonds is 18. The van der Waals surface area contributed by atoms with Crippen molar-refractivity contribution in [3.63, 3.8) is 0 Å². The Labute approximate surface area is 258 Å². The molecule has 0 spiro atoms. The molecule has 4 aromatic carbocycles. The summed E-state index contributed by atoms with van der Waals surface area (Å²) in [5.74, 6) is -1.31. The van der Waals surface area contributed by atoms with Crippen molar-refractivity contribution < 1.29 is 35.1 Å². The number of carboxylic acids is 1. The topological polar surface area (TPSA) is 143 Å². The maximum Gasteiger partial charge on any atom is 0.339 e. The number of benzene rings is 4. The third-order valence-electron chi connectivity index (χ3n) is 7.96. The molecule has 8 heteroatoms. The van der Waals surface area contributed by atoms with Gasteiger partial charge in [0.2, 0.25) is 0 Å². The number of phenols is 2. The number of aryl methyl sites for hydroxylation is 1. The quantitative estimate of drug-likeness (QED) is 0.0620. The number of aliphatic hydroxyl groups excluding tert-OH is 2. The van der Waals surface area contributed by atoms with Crippen LogP contribution in [0.25, 0.3) is 21.9 Å². The van der Waals surface area contributed by atoms with E-state index in [9.17, 15) is 30.3 Å². The van der Waals surface area contributed by atoms with Crippen LogP contribution in [0.2, 0.25) is 0 Å². The number of fused-ring (bicyclic) bond motifs is 1. The van der Waals surface area contributed by atoms with Crippen LogP contribution in [0.15, 0.2) is 72.8 Å². The molecule has 0 heterocycles. The fourth-order valence-corrected chi connectivity index (χ4v) is 5.31. The number of ether oxygens (including phenoxy) is 1. The number of carbonyl (C=O) groups is 1.